The first kappa shape index (κ1) is 21.4. The number of nitrogens with zero attached hydrogens (tertiary/aromatic N) is 3. The number of hydrogen-bond donors (Lipinski definition) is 0. The fourth-order valence-corrected chi connectivity index (χ4v) is 3.38. The van der Waals surface area contributed by atoms with Gasteiger partial charge in [-0.2, -0.15) is 5.10 Å². The zero-order valence-corrected chi connectivity index (χ0v) is 17.2. The molecule has 2 aromatic carbocycles. The number of ether oxygens (including phenoxy) is 2. The summed E-state index contributed by atoms with van der Waals surface area (Å²) in [4.78, 5) is 26.3. The summed E-state index contributed by atoms with van der Waals surface area (Å²) in [5, 5.41) is 5.76. The Bertz CT molecular complexity index is 963. The lowest BCUT2D eigenvalue weighted by Crippen LogP contribution is -2.40. The SMILES string of the molecule is COCC(=O)N(C)CC(=O)N1N=C(c2ccccc2F)C[C@@H]1c1ccccc1OC. The number of likely N-dealkylation sites (N-methyl/N-ethyl adjacent to an activating group) is 1. The molecule has 1 atom stereocenters. The fourth-order valence-electron chi connectivity index (χ4n) is 3.38. The van der Waals surface area contributed by atoms with E-state index in [4.69, 9.17) is 9.47 Å². The molecule has 2 aromatic rings. The van der Waals surface area contributed by atoms with Gasteiger partial charge in [-0.3, -0.25) is 9.59 Å². The number of benzene rings is 2. The molecule has 0 aliphatic carbocycles. The molecule has 0 saturated heterocycles. The molecule has 7 nitrogen and oxygen atoms in total. The lowest BCUT2D eigenvalue weighted by atomic mass is 9.97. The van der Waals surface area contributed by atoms with Crippen molar-refractivity contribution in [2.45, 2.75) is 12.5 Å². The summed E-state index contributed by atoms with van der Waals surface area (Å²) in [6.07, 6.45) is 0.322. The van der Waals surface area contributed by atoms with E-state index in [2.05, 4.69) is 5.10 Å². The van der Waals surface area contributed by atoms with E-state index in [0.717, 1.165) is 5.56 Å². The predicted octanol–water partition coefficient (Wildman–Crippen LogP) is 2.62. The summed E-state index contributed by atoms with van der Waals surface area (Å²) in [7, 11) is 4.49. The van der Waals surface area contributed by atoms with Crippen molar-refractivity contribution in [1.29, 1.82) is 0 Å². The summed E-state index contributed by atoms with van der Waals surface area (Å²) in [5.74, 6) is -0.507. The largest absolute Gasteiger partial charge is 0.496 e. The summed E-state index contributed by atoms with van der Waals surface area (Å²) in [6.45, 7) is -0.300. The second-order valence-corrected chi connectivity index (χ2v) is 6.91. The van der Waals surface area contributed by atoms with E-state index >= 15 is 0 Å². The third kappa shape index (κ3) is 4.49. The molecule has 1 aliphatic rings. The van der Waals surface area contributed by atoms with Crippen LogP contribution in [0.5, 0.6) is 5.75 Å². The van der Waals surface area contributed by atoms with Crippen molar-refractivity contribution >= 4 is 17.5 Å². The molecular weight excluding hydrogens is 389 g/mol. The van der Waals surface area contributed by atoms with Crippen LogP contribution in [0.4, 0.5) is 4.39 Å². The molecule has 0 N–H and O–H groups in total. The van der Waals surface area contributed by atoms with Crippen LogP contribution in [0.25, 0.3) is 0 Å². The highest BCUT2D eigenvalue weighted by atomic mass is 19.1. The van der Waals surface area contributed by atoms with Gasteiger partial charge in [-0.1, -0.05) is 36.4 Å². The third-order valence-corrected chi connectivity index (χ3v) is 4.91. The number of methoxy groups -OCH3 is 2. The van der Waals surface area contributed by atoms with E-state index < -0.39 is 11.9 Å². The first-order valence-electron chi connectivity index (χ1n) is 9.46. The number of para-hydroxylation sites is 1. The van der Waals surface area contributed by atoms with Crippen molar-refractivity contribution in [3.05, 3.63) is 65.5 Å². The zero-order chi connectivity index (χ0) is 21.7. The van der Waals surface area contributed by atoms with E-state index in [1.165, 1.54) is 30.1 Å². The Kier molecular flexibility index (Phi) is 6.79. The van der Waals surface area contributed by atoms with Crippen LogP contribution in [0, 0.1) is 5.82 Å². The van der Waals surface area contributed by atoms with Gasteiger partial charge in [-0.05, 0) is 12.1 Å². The Hall–Kier alpha value is -3.26. The number of carbonyl (C=O) groups excluding carboxylic acids is 2. The topological polar surface area (TPSA) is 71.4 Å². The average molecular weight is 413 g/mol. The Labute approximate surface area is 174 Å². The maximum atomic E-state index is 14.4. The minimum Gasteiger partial charge on any atom is -0.496 e. The minimum atomic E-state index is -0.478. The summed E-state index contributed by atoms with van der Waals surface area (Å²) in [6, 6.07) is 13.2. The standard InChI is InChI=1S/C22H24FN3O4/c1-25(22(28)14-29-2)13-21(27)26-19(16-9-5-7-11-20(16)30-3)12-18(24-26)15-8-4-6-10-17(15)23/h4-11,19H,12-14H2,1-3H3/t19-/m1/s1. The molecule has 8 heteroatoms. The molecule has 1 aliphatic heterocycles. The normalized spacial score (nSPS) is 15.7. The van der Waals surface area contributed by atoms with Gasteiger partial charge in [0.25, 0.3) is 5.91 Å². The van der Waals surface area contributed by atoms with Crippen molar-refractivity contribution in [2.24, 2.45) is 5.10 Å². The van der Waals surface area contributed by atoms with E-state index in [-0.39, 0.29) is 25.0 Å². The van der Waals surface area contributed by atoms with Gasteiger partial charge in [-0.15, -0.1) is 0 Å². The first-order valence-corrected chi connectivity index (χ1v) is 9.46. The maximum absolute atomic E-state index is 14.4. The van der Waals surface area contributed by atoms with Crippen LogP contribution < -0.4 is 4.74 Å². The maximum Gasteiger partial charge on any atom is 0.262 e. The van der Waals surface area contributed by atoms with Crippen molar-refractivity contribution in [2.75, 3.05) is 34.4 Å². The quantitative estimate of drug-likeness (QED) is 0.700. The summed E-state index contributed by atoms with van der Waals surface area (Å²) >= 11 is 0. The summed E-state index contributed by atoms with van der Waals surface area (Å²) < 4.78 is 24.7. The van der Waals surface area contributed by atoms with Crippen molar-refractivity contribution in [3.8, 4) is 5.75 Å². The van der Waals surface area contributed by atoms with Crippen LogP contribution in [0.15, 0.2) is 53.6 Å². The molecular formula is C22H24FN3O4. The van der Waals surface area contributed by atoms with Gasteiger partial charge in [0, 0.05) is 31.7 Å². The second-order valence-electron chi connectivity index (χ2n) is 6.91. The molecule has 0 bridgehead atoms. The number of rotatable bonds is 7. The van der Waals surface area contributed by atoms with Gasteiger partial charge < -0.3 is 14.4 Å². The van der Waals surface area contributed by atoms with Crippen molar-refractivity contribution in [1.82, 2.24) is 9.91 Å². The molecule has 30 heavy (non-hydrogen) atoms. The van der Waals surface area contributed by atoms with Crippen LogP contribution in [-0.4, -0.2) is 61.9 Å². The van der Waals surface area contributed by atoms with Gasteiger partial charge in [-0.25, -0.2) is 9.40 Å². The van der Waals surface area contributed by atoms with E-state index in [9.17, 15) is 14.0 Å². The van der Waals surface area contributed by atoms with Gasteiger partial charge in [0.15, 0.2) is 0 Å². The predicted molar refractivity (Wildman–Crippen MR) is 110 cm³/mol. The Morgan fingerprint density at radius 3 is 2.57 bits per heavy atom. The minimum absolute atomic E-state index is 0.122. The van der Waals surface area contributed by atoms with E-state index in [0.29, 0.717) is 23.4 Å². The highest BCUT2D eigenvalue weighted by Crippen LogP contribution is 2.37. The lowest BCUT2D eigenvalue weighted by Gasteiger charge is -2.25. The third-order valence-electron chi connectivity index (χ3n) is 4.91. The van der Waals surface area contributed by atoms with Crippen LogP contribution in [0.1, 0.15) is 23.6 Å². The lowest BCUT2D eigenvalue weighted by molar-refractivity contribution is -0.142. The Morgan fingerprint density at radius 2 is 1.87 bits per heavy atom. The highest BCUT2D eigenvalue weighted by molar-refractivity contribution is 6.03. The molecule has 1 heterocycles. The van der Waals surface area contributed by atoms with Crippen molar-refractivity contribution in [3.63, 3.8) is 0 Å². The molecule has 158 valence electrons. The smallest absolute Gasteiger partial charge is 0.262 e. The highest BCUT2D eigenvalue weighted by Gasteiger charge is 2.36. The molecule has 0 unspecified atom stereocenters. The van der Waals surface area contributed by atoms with E-state index in [1.54, 1.807) is 31.4 Å². The molecule has 0 spiro atoms. The number of halogens is 1. The summed E-state index contributed by atoms with van der Waals surface area (Å²) in [5.41, 5.74) is 1.56. The Balaban J connectivity index is 1.94. The average Bonchev–Trinajstić information content (AvgIpc) is 3.19. The molecule has 0 radical (unpaired) electrons. The molecule has 0 aromatic heterocycles. The zero-order valence-electron chi connectivity index (χ0n) is 17.2. The first-order chi connectivity index (χ1) is 14.5. The number of hydrazone groups is 1. The van der Waals surface area contributed by atoms with Gasteiger partial charge in [0.2, 0.25) is 5.91 Å². The van der Waals surface area contributed by atoms with Crippen LogP contribution in [-0.2, 0) is 14.3 Å². The molecule has 0 saturated carbocycles. The second kappa shape index (κ2) is 9.49. The van der Waals surface area contributed by atoms with E-state index in [1.807, 2.05) is 18.2 Å². The fraction of sp³-hybridized carbons (Fsp3) is 0.318. The van der Waals surface area contributed by atoms with Crippen molar-refractivity contribution < 1.29 is 23.5 Å². The van der Waals surface area contributed by atoms with Crippen LogP contribution >= 0.6 is 0 Å². The number of carbonyl (C=O) groups is 2. The Morgan fingerprint density at radius 1 is 1.17 bits per heavy atom. The molecule has 3 rings (SSSR count). The van der Waals surface area contributed by atoms with Gasteiger partial charge >= 0.3 is 0 Å². The monoisotopic (exact) mass is 413 g/mol. The number of hydrogen-bond acceptors (Lipinski definition) is 5. The number of amides is 2. The molecule has 0 fully saturated rings. The van der Waals surface area contributed by atoms with Crippen LogP contribution in [0.3, 0.4) is 0 Å². The van der Waals surface area contributed by atoms with Gasteiger partial charge in [0.1, 0.15) is 24.7 Å². The van der Waals surface area contributed by atoms with Crippen LogP contribution in [0.2, 0.25) is 0 Å². The molecule has 2 amide bonds. The van der Waals surface area contributed by atoms with Gasteiger partial charge in [0.05, 0.1) is 18.9 Å².